The number of halogens is 1. The van der Waals surface area contributed by atoms with Gasteiger partial charge in [0.15, 0.2) is 13.2 Å². The van der Waals surface area contributed by atoms with E-state index in [1.807, 2.05) is 6.07 Å². The maximum atomic E-state index is 12.8. The van der Waals surface area contributed by atoms with Gasteiger partial charge >= 0.3 is 5.97 Å². The second kappa shape index (κ2) is 9.93. The number of rotatable bonds is 9. The van der Waals surface area contributed by atoms with Crippen LogP contribution in [0.25, 0.3) is 0 Å². The number of anilines is 1. The molecule has 10 heteroatoms. The molecule has 1 N–H and O–H groups in total. The number of likely N-dealkylation sites (N-methyl/N-ethyl adjacent to an activating group) is 1. The molecule has 0 aromatic heterocycles. The number of hydrogen-bond donors (Lipinski definition) is 1. The summed E-state index contributed by atoms with van der Waals surface area (Å²) in [4.78, 5) is 31.4. The quantitative estimate of drug-likeness (QED) is 0.498. The van der Waals surface area contributed by atoms with Crippen LogP contribution in [-0.4, -0.2) is 40.1 Å². The molecule has 150 valence electrons. The molecule has 0 aliphatic rings. The second-order valence-corrected chi connectivity index (χ2v) is 7.11. The van der Waals surface area contributed by atoms with Crippen LogP contribution in [0.4, 0.5) is 10.1 Å². The van der Waals surface area contributed by atoms with E-state index in [0.29, 0.717) is 12.2 Å². The number of amides is 1. The Hall–Kier alpha value is -2.82. The lowest BCUT2D eigenvalue weighted by atomic mass is 10.3. The monoisotopic (exact) mass is 410 g/mol. The molecule has 0 fully saturated rings. The second-order valence-electron chi connectivity index (χ2n) is 5.46. The fourth-order valence-electron chi connectivity index (χ4n) is 2.20. The van der Waals surface area contributed by atoms with E-state index in [1.54, 1.807) is 36.1 Å². The van der Waals surface area contributed by atoms with Gasteiger partial charge in [-0.1, -0.05) is 23.1 Å². The van der Waals surface area contributed by atoms with Gasteiger partial charge in [-0.15, -0.1) is 0 Å². The molecule has 0 heterocycles. The summed E-state index contributed by atoms with van der Waals surface area (Å²) >= 11 is 0. The molecule has 0 saturated heterocycles. The SMILES string of the molecule is CCN(C(=O)COC(=O)CONS(=O)(=O)c1ccc(F)cc1)c1ccccc1. The Morgan fingerprint density at radius 3 is 2.29 bits per heavy atom. The van der Waals surface area contributed by atoms with Crippen molar-refractivity contribution in [2.45, 2.75) is 11.8 Å². The van der Waals surface area contributed by atoms with E-state index in [1.165, 1.54) is 4.90 Å². The largest absolute Gasteiger partial charge is 0.454 e. The predicted molar refractivity (Wildman–Crippen MR) is 98.1 cm³/mol. The molecular weight excluding hydrogens is 391 g/mol. The Labute approximate surface area is 161 Å². The van der Waals surface area contributed by atoms with Gasteiger partial charge < -0.3 is 9.64 Å². The molecule has 0 saturated carbocycles. The maximum absolute atomic E-state index is 12.8. The first-order chi connectivity index (χ1) is 13.3. The minimum Gasteiger partial charge on any atom is -0.454 e. The summed E-state index contributed by atoms with van der Waals surface area (Å²) < 4.78 is 41.4. The summed E-state index contributed by atoms with van der Waals surface area (Å²) in [6, 6.07) is 12.9. The van der Waals surface area contributed by atoms with Crippen molar-refractivity contribution in [2.75, 3.05) is 24.7 Å². The first kappa shape index (κ1) is 21.5. The number of carbonyl (C=O) groups excluding carboxylic acids is 2. The molecule has 0 spiro atoms. The summed E-state index contributed by atoms with van der Waals surface area (Å²) in [5.74, 6) is -1.96. The molecule has 0 atom stereocenters. The van der Waals surface area contributed by atoms with Crippen molar-refractivity contribution in [2.24, 2.45) is 0 Å². The third kappa shape index (κ3) is 6.12. The van der Waals surface area contributed by atoms with Crippen LogP contribution in [0.3, 0.4) is 0 Å². The van der Waals surface area contributed by atoms with Crippen molar-refractivity contribution in [3.63, 3.8) is 0 Å². The molecule has 1 amide bonds. The van der Waals surface area contributed by atoms with Gasteiger partial charge in [-0.05, 0) is 43.3 Å². The highest BCUT2D eigenvalue weighted by atomic mass is 32.2. The number of nitrogens with one attached hydrogen (secondary N) is 1. The molecule has 2 aromatic rings. The van der Waals surface area contributed by atoms with E-state index in [0.717, 1.165) is 24.3 Å². The van der Waals surface area contributed by atoms with E-state index in [4.69, 9.17) is 4.74 Å². The number of para-hydroxylation sites is 1. The Morgan fingerprint density at radius 1 is 1.04 bits per heavy atom. The molecule has 0 aliphatic carbocycles. The van der Waals surface area contributed by atoms with Crippen LogP contribution < -0.4 is 9.79 Å². The molecule has 2 rings (SSSR count). The first-order valence-corrected chi connectivity index (χ1v) is 9.72. The maximum Gasteiger partial charge on any atom is 0.334 e. The van der Waals surface area contributed by atoms with Crippen LogP contribution in [0.1, 0.15) is 6.92 Å². The molecule has 28 heavy (non-hydrogen) atoms. The van der Waals surface area contributed by atoms with E-state index in [-0.39, 0.29) is 4.90 Å². The van der Waals surface area contributed by atoms with Crippen molar-refractivity contribution in [3.8, 4) is 0 Å². The van der Waals surface area contributed by atoms with Crippen molar-refractivity contribution in [3.05, 3.63) is 60.4 Å². The summed E-state index contributed by atoms with van der Waals surface area (Å²) in [6.45, 7) is 0.898. The highest BCUT2D eigenvalue weighted by Gasteiger charge is 2.18. The zero-order valence-corrected chi connectivity index (χ0v) is 15.8. The summed E-state index contributed by atoms with van der Waals surface area (Å²) in [6.07, 6.45) is 0. The smallest absolute Gasteiger partial charge is 0.334 e. The van der Waals surface area contributed by atoms with Crippen LogP contribution >= 0.6 is 0 Å². The number of esters is 1. The van der Waals surface area contributed by atoms with Gasteiger partial charge in [-0.25, -0.2) is 17.6 Å². The van der Waals surface area contributed by atoms with Gasteiger partial charge in [0.05, 0.1) is 4.90 Å². The lowest BCUT2D eigenvalue weighted by Gasteiger charge is -2.20. The Bertz CT molecular complexity index is 903. The van der Waals surface area contributed by atoms with Gasteiger partial charge in [0.1, 0.15) is 5.82 Å². The first-order valence-electron chi connectivity index (χ1n) is 8.23. The van der Waals surface area contributed by atoms with Crippen LogP contribution in [0, 0.1) is 5.82 Å². The normalized spacial score (nSPS) is 11.1. The molecule has 2 aromatic carbocycles. The van der Waals surface area contributed by atoms with Crippen LogP contribution in [-0.2, 0) is 29.2 Å². The van der Waals surface area contributed by atoms with Gasteiger partial charge in [0, 0.05) is 12.2 Å². The van der Waals surface area contributed by atoms with Gasteiger partial charge in [-0.3, -0.25) is 9.63 Å². The highest BCUT2D eigenvalue weighted by molar-refractivity contribution is 7.89. The van der Waals surface area contributed by atoms with Gasteiger partial charge in [0.25, 0.3) is 15.9 Å². The van der Waals surface area contributed by atoms with Crippen LogP contribution in [0.15, 0.2) is 59.5 Å². The summed E-state index contributed by atoms with van der Waals surface area (Å²) in [7, 11) is -4.08. The average molecular weight is 410 g/mol. The topological polar surface area (TPSA) is 102 Å². The number of sulfonamides is 1. The number of benzene rings is 2. The fourth-order valence-corrected chi connectivity index (χ4v) is 3.01. The molecule has 0 aliphatic heterocycles. The standard InChI is InChI=1S/C18H19FN2O6S/c1-2-21(15-6-4-3-5-7-15)17(22)12-26-18(23)13-27-20-28(24,25)16-10-8-14(19)9-11-16/h3-11,20H,2,12-13H2,1H3. The van der Waals surface area contributed by atoms with Crippen molar-refractivity contribution < 1.29 is 32.0 Å². The predicted octanol–water partition coefficient (Wildman–Crippen LogP) is 1.63. The van der Waals surface area contributed by atoms with Crippen molar-refractivity contribution >= 4 is 27.6 Å². The zero-order valence-electron chi connectivity index (χ0n) is 15.0. The van der Waals surface area contributed by atoms with Crippen molar-refractivity contribution in [1.82, 2.24) is 4.89 Å². The third-order valence-corrected chi connectivity index (χ3v) is 4.75. The van der Waals surface area contributed by atoms with Crippen molar-refractivity contribution in [1.29, 1.82) is 0 Å². The van der Waals surface area contributed by atoms with E-state index in [9.17, 15) is 22.4 Å². The highest BCUT2D eigenvalue weighted by Crippen LogP contribution is 2.13. The number of carbonyl (C=O) groups is 2. The van der Waals surface area contributed by atoms with E-state index < -0.39 is 40.9 Å². The molecule has 0 unspecified atom stereocenters. The Balaban J connectivity index is 1.79. The van der Waals surface area contributed by atoms with E-state index >= 15 is 0 Å². The number of ether oxygens (including phenoxy) is 1. The minimum atomic E-state index is -4.08. The molecule has 0 radical (unpaired) electrons. The fraction of sp³-hybridized carbons (Fsp3) is 0.222. The van der Waals surface area contributed by atoms with Crippen LogP contribution in [0.2, 0.25) is 0 Å². The van der Waals surface area contributed by atoms with Gasteiger partial charge in [0.2, 0.25) is 0 Å². The summed E-state index contributed by atoms with van der Waals surface area (Å²) in [5.41, 5.74) is 0.661. The van der Waals surface area contributed by atoms with E-state index in [2.05, 4.69) is 4.84 Å². The third-order valence-electron chi connectivity index (χ3n) is 3.52. The molecule has 0 bridgehead atoms. The average Bonchev–Trinajstić information content (AvgIpc) is 2.68. The lowest BCUT2D eigenvalue weighted by molar-refractivity contribution is -0.153. The minimum absolute atomic E-state index is 0.237. The zero-order chi connectivity index (χ0) is 20.6. The number of nitrogens with zero attached hydrogens (tertiary/aromatic N) is 1. The van der Waals surface area contributed by atoms with Crippen LogP contribution in [0.5, 0.6) is 0 Å². The lowest BCUT2D eigenvalue weighted by Crippen LogP contribution is -2.35. The molecule has 8 nitrogen and oxygen atoms in total. The Morgan fingerprint density at radius 2 is 1.68 bits per heavy atom. The summed E-state index contributed by atoms with van der Waals surface area (Å²) in [5, 5.41) is 0. The molecular formula is C18H19FN2O6S. The van der Waals surface area contributed by atoms with Gasteiger partial charge in [-0.2, -0.15) is 0 Å². The number of hydrogen-bond acceptors (Lipinski definition) is 6. The Kier molecular flexibility index (Phi) is 7.61.